The van der Waals surface area contributed by atoms with Gasteiger partial charge in [-0.2, -0.15) is 0 Å². The number of halogens is 1. The molecule has 88 valence electrons. The lowest BCUT2D eigenvalue weighted by atomic mass is 10.0. The third kappa shape index (κ3) is 2.26. The Morgan fingerprint density at radius 1 is 1.18 bits per heavy atom. The average molecular weight is 294 g/mol. The lowest BCUT2D eigenvalue weighted by Crippen LogP contribution is -1.87. The van der Waals surface area contributed by atoms with Gasteiger partial charge >= 0.3 is 0 Å². The second-order valence-electron chi connectivity index (χ2n) is 3.79. The molecule has 0 atom stereocenters. The SMILES string of the molecule is Cc1c(Br)ccc(-c2ccc(/C=N/O)o2)c1C. The number of furan rings is 1. The quantitative estimate of drug-likeness (QED) is 0.514. The molecule has 0 aliphatic rings. The summed E-state index contributed by atoms with van der Waals surface area (Å²) < 4.78 is 6.65. The zero-order valence-electron chi connectivity index (χ0n) is 9.57. The first kappa shape index (κ1) is 11.9. The standard InChI is InChI=1S/C13H12BrNO2/c1-8-9(2)12(14)5-4-11(8)13-6-3-10(17-13)7-15-16/h3-7,16H,1-2H3/b15-7+. The maximum atomic E-state index is 8.44. The molecule has 3 nitrogen and oxygen atoms in total. The second kappa shape index (κ2) is 4.75. The summed E-state index contributed by atoms with van der Waals surface area (Å²) in [7, 11) is 0. The molecule has 0 spiro atoms. The maximum Gasteiger partial charge on any atom is 0.149 e. The molecule has 1 aromatic carbocycles. The minimum Gasteiger partial charge on any atom is -0.455 e. The maximum absolute atomic E-state index is 8.44. The predicted octanol–water partition coefficient (Wildman–Crippen LogP) is 4.13. The van der Waals surface area contributed by atoms with Gasteiger partial charge in [-0.15, -0.1) is 0 Å². The Hall–Kier alpha value is -1.55. The van der Waals surface area contributed by atoms with Crippen LogP contribution in [-0.2, 0) is 0 Å². The second-order valence-corrected chi connectivity index (χ2v) is 4.65. The first-order valence-electron chi connectivity index (χ1n) is 5.17. The van der Waals surface area contributed by atoms with Crippen molar-refractivity contribution >= 4 is 22.1 Å². The van der Waals surface area contributed by atoms with Crippen LogP contribution in [0, 0.1) is 13.8 Å². The normalized spacial score (nSPS) is 11.2. The van der Waals surface area contributed by atoms with E-state index < -0.39 is 0 Å². The third-order valence-corrected chi connectivity index (χ3v) is 3.66. The molecule has 0 aliphatic carbocycles. The summed E-state index contributed by atoms with van der Waals surface area (Å²) in [6, 6.07) is 7.64. The molecule has 2 rings (SSSR count). The number of hydrogen-bond acceptors (Lipinski definition) is 3. The highest BCUT2D eigenvalue weighted by atomic mass is 79.9. The monoisotopic (exact) mass is 293 g/mol. The molecule has 0 saturated carbocycles. The van der Waals surface area contributed by atoms with Crippen molar-refractivity contribution in [3.8, 4) is 11.3 Å². The van der Waals surface area contributed by atoms with Crippen molar-refractivity contribution < 1.29 is 9.62 Å². The summed E-state index contributed by atoms with van der Waals surface area (Å²) in [6.45, 7) is 4.11. The van der Waals surface area contributed by atoms with Gasteiger partial charge in [-0.05, 0) is 49.2 Å². The van der Waals surface area contributed by atoms with Crippen LogP contribution in [-0.4, -0.2) is 11.4 Å². The van der Waals surface area contributed by atoms with Gasteiger partial charge in [0.2, 0.25) is 0 Å². The van der Waals surface area contributed by atoms with E-state index in [2.05, 4.69) is 34.9 Å². The van der Waals surface area contributed by atoms with Crippen molar-refractivity contribution in [1.82, 2.24) is 0 Å². The molecule has 1 aromatic heterocycles. The van der Waals surface area contributed by atoms with Crippen LogP contribution in [0.4, 0.5) is 0 Å². The molecule has 0 aliphatic heterocycles. The van der Waals surface area contributed by atoms with Gasteiger partial charge in [0, 0.05) is 10.0 Å². The molecule has 0 amide bonds. The van der Waals surface area contributed by atoms with E-state index in [1.165, 1.54) is 17.3 Å². The van der Waals surface area contributed by atoms with E-state index in [1.807, 2.05) is 18.2 Å². The molecular weight excluding hydrogens is 282 g/mol. The highest BCUT2D eigenvalue weighted by molar-refractivity contribution is 9.10. The fourth-order valence-corrected chi connectivity index (χ4v) is 2.11. The largest absolute Gasteiger partial charge is 0.455 e. The van der Waals surface area contributed by atoms with Gasteiger partial charge in [-0.3, -0.25) is 0 Å². The van der Waals surface area contributed by atoms with Gasteiger partial charge in [-0.1, -0.05) is 21.1 Å². The molecule has 0 unspecified atom stereocenters. The molecule has 0 radical (unpaired) electrons. The van der Waals surface area contributed by atoms with Gasteiger partial charge in [0.05, 0.1) is 0 Å². The first-order valence-corrected chi connectivity index (χ1v) is 5.96. The fraction of sp³-hybridized carbons (Fsp3) is 0.154. The molecular formula is C13H12BrNO2. The van der Waals surface area contributed by atoms with E-state index >= 15 is 0 Å². The van der Waals surface area contributed by atoms with Crippen LogP contribution in [0.2, 0.25) is 0 Å². The van der Waals surface area contributed by atoms with Crippen LogP contribution >= 0.6 is 15.9 Å². The lowest BCUT2D eigenvalue weighted by Gasteiger charge is -2.07. The van der Waals surface area contributed by atoms with E-state index in [1.54, 1.807) is 6.07 Å². The van der Waals surface area contributed by atoms with Crippen molar-refractivity contribution in [2.75, 3.05) is 0 Å². The van der Waals surface area contributed by atoms with Crippen LogP contribution in [0.15, 0.2) is 38.3 Å². The Labute approximate surface area is 108 Å². The number of oxime groups is 1. The molecule has 2 aromatic rings. The summed E-state index contributed by atoms with van der Waals surface area (Å²) in [5, 5.41) is 11.4. The number of rotatable bonds is 2. The predicted molar refractivity (Wildman–Crippen MR) is 70.7 cm³/mol. The first-order chi connectivity index (χ1) is 8.13. The Kier molecular flexibility index (Phi) is 3.33. The molecule has 1 heterocycles. The van der Waals surface area contributed by atoms with Crippen LogP contribution < -0.4 is 0 Å². The Morgan fingerprint density at radius 2 is 1.94 bits per heavy atom. The van der Waals surface area contributed by atoms with Crippen molar-refractivity contribution in [3.05, 3.63) is 45.6 Å². The van der Waals surface area contributed by atoms with Crippen LogP contribution in [0.5, 0.6) is 0 Å². The van der Waals surface area contributed by atoms with Gasteiger partial charge < -0.3 is 9.62 Å². The molecule has 0 bridgehead atoms. The van der Waals surface area contributed by atoms with Crippen molar-refractivity contribution in [2.24, 2.45) is 5.16 Å². The zero-order chi connectivity index (χ0) is 12.4. The molecule has 0 fully saturated rings. The minimum absolute atomic E-state index is 0.530. The van der Waals surface area contributed by atoms with Crippen LogP contribution in [0.1, 0.15) is 16.9 Å². The molecule has 4 heteroatoms. The van der Waals surface area contributed by atoms with Gasteiger partial charge in [0.1, 0.15) is 17.7 Å². The smallest absolute Gasteiger partial charge is 0.149 e. The van der Waals surface area contributed by atoms with Crippen LogP contribution in [0.25, 0.3) is 11.3 Å². The highest BCUT2D eigenvalue weighted by Crippen LogP contribution is 2.30. The van der Waals surface area contributed by atoms with Gasteiger partial charge in [0.25, 0.3) is 0 Å². The van der Waals surface area contributed by atoms with E-state index in [0.29, 0.717) is 5.76 Å². The van der Waals surface area contributed by atoms with Crippen molar-refractivity contribution in [2.45, 2.75) is 13.8 Å². The minimum atomic E-state index is 0.530. The van der Waals surface area contributed by atoms with Gasteiger partial charge in [0.15, 0.2) is 0 Å². The molecule has 17 heavy (non-hydrogen) atoms. The lowest BCUT2D eigenvalue weighted by molar-refractivity contribution is 0.321. The number of benzene rings is 1. The fourth-order valence-electron chi connectivity index (χ4n) is 1.68. The van der Waals surface area contributed by atoms with Crippen LogP contribution in [0.3, 0.4) is 0 Å². The summed E-state index contributed by atoms with van der Waals surface area (Å²) in [5.74, 6) is 1.30. The summed E-state index contributed by atoms with van der Waals surface area (Å²) in [5.41, 5.74) is 3.40. The summed E-state index contributed by atoms with van der Waals surface area (Å²) >= 11 is 3.50. The van der Waals surface area contributed by atoms with E-state index in [-0.39, 0.29) is 0 Å². The molecule has 0 saturated heterocycles. The zero-order valence-corrected chi connectivity index (χ0v) is 11.2. The summed E-state index contributed by atoms with van der Waals surface area (Å²) in [6.07, 6.45) is 1.27. The number of hydrogen-bond donors (Lipinski definition) is 1. The third-order valence-electron chi connectivity index (χ3n) is 2.80. The topological polar surface area (TPSA) is 45.7 Å². The Morgan fingerprint density at radius 3 is 2.65 bits per heavy atom. The van der Waals surface area contributed by atoms with E-state index in [9.17, 15) is 0 Å². The van der Waals surface area contributed by atoms with Crippen molar-refractivity contribution in [1.29, 1.82) is 0 Å². The highest BCUT2D eigenvalue weighted by Gasteiger charge is 2.10. The Balaban J connectivity index is 2.49. The summed E-state index contributed by atoms with van der Waals surface area (Å²) in [4.78, 5) is 0. The average Bonchev–Trinajstić information content (AvgIpc) is 2.75. The van der Waals surface area contributed by atoms with E-state index in [0.717, 1.165) is 15.8 Å². The van der Waals surface area contributed by atoms with Crippen molar-refractivity contribution in [3.63, 3.8) is 0 Å². The van der Waals surface area contributed by atoms with E-state index in [4.69, 9.17) is 9.62 Å². The number of nitrogens with zero attached hydrogens (tertiary/aromatic N) is 1. The Bertz CT molecular complexity index is 573. The van der Waals surface area contributed by atoms with Gasteiger partial charge in [-0.25, -0.2) is 0 Å². The molecule has 1 N–H and O–H groups in total.